The first-order valence-electron chi connectivity index (χ1n) is 9.94. The first kappa shape index (κ1) is 20.8. The van der Waals surface area contributed by atoms with Crippen LogP contribution in [0.4, 0.5) is 0 Å². The van der Waals surface area contributed by atoms with Crippen molar-refractivity contribution in [1.29, 1.82) is 0 Å². The molecule has 0 amide bonds. The third kappa shape index (κ3) is 3.47. The molecular formula is C19H28O7S2. The van der Waals surface area contributed by atoms with E-state index in [1.807, 2.05) is 6.92 Å². The maximum Gasteiger partial charge on any atom is 0.319 e. The van der Waals surface area contributed by atoms with E-state index in [1.54, 1.807) is 0 Å². The smallest absolute Gasteiger partial charge is 0.319 e. The van der Waals surface area contributed by atoms with E-state index in [0.717, 1.165) is 36.5 Å². The van der Waals surface area contributed by atoms with Crippen molar-refractivity contribution in [3.05, 3.63) is 0 Å². The SMILES string of the molecule is C[C@@H]1CCC2[C@@H](C)[C@@H](OC(=O)CSSCC(=O)O)O[C@@H]3OC4(C)CC[C@@H]1[C@@]23O4. The van der Waals surface area contributed by atoms with Gasteiger partial charge in [0, 0.05) is 18.3 Å². The van der Waals surface area contributed by atoms with Crippen molar-refractivity contribution in [3.63, 3.8) is 0 Å². The molecule has 4 fully saturated rings. The van der Waals surface area contributed by atoms with Crippen LogP contribution >= 0.6 is 21.6 Å². The van der Waals surface area contributed by atoms with Crippen LogP contribution in [-0.4, -0.2) is 52.5 Å². The highest BCUT2D eigenvalue weighted by Gasteiger charge is 2.71. The first-order chi connectivity index (χ1) is 13.2. The van der Waals surface area contributed by atoms with Crippen LogP contribution in [0.1, 0.15) is 46.5 Å². The summed E-state index contributed by atoms with van der Waals surface area (Å²) in [6, 6.07) is 0. The second-order valence-electron chi connectivity index (χ2n) is 8.62. The molecule has 1 spiro atoms. The van der Waals surface area contributed by atoms with E-state index in [9.17, 15) is 9.59 Å². The molecule has 7 nitrogen and oxygen atoms in total. The molecule has 0 radical (unpaired) electrons. The maximum atomic E-state index is 12.3. The van der Waals surface area contributed by atoms with Crippen molar-refractivity contribution in [2.24, 2.45) is 23.7 Å². The zero-order valence-electron chi connectivity index (χ0n) is 16.4. The molecule has 1 N–H and O–H groups in total. The fourth-order valence-electron chi connectivity index (χ4n) is 5.62. The lowest BCUT2D eigenvalue weighted by Gasteiger charge is -2.58. The van der Waals surface area contributed by atoms with Crippen molar-refractivity contribution in [1.82, 2.24) is 0 Å². The summed E-state index contributed by atoms with van der Waals surface area (Å²) >= 11 is 0. The highest BCUT2D eigenvalue weighted by molar-refractivity contribution is 8.77. The van der Waals surface area contributed by atoms with Crippen LogP contribution in [0.2, 0.25) is 0 Å². The molecule has 4 rings (SSSR count). The zero-order chi connectivity index (χ0) is 20.1. The highest BCUT2D eigenvalue weighted by atomic mass is 33.1. The van der Waals surface area contributed by atoms with Crippen LogP contribution in [0.25, 0.3) is 0 Å². The molecule has 0 aromatic rings. The predicted molar refractivity (Wildman–Crippen MR) is 104 cm³/mol. The average Bonchev–Trinajstić information content (AvgIpc) is 2.84. The lowest BCUT2D eigenvalue weighted by Crippen LogP contribution is -2.66. The fourth-order valence-corrected chi connectivity index (χ4v) is 7.14. The first-order valence-corrected chi connectivity index (χ1v) is 12.4. The number of carboxylic acid groups (broad SMARTS) is 1. The monoisotopic (exact) mass is 432 g/mol. The topological polar surface area (TPSA) is 91.3 Å². The number of esters is 1. The van der Waals surface area contributed by atoms with E-state index in [1.165, 1.54) is 10.8 Å². The molecular weight excluding hydrogens is 404 g/mol. The normalized spacial score (nSPS) is 46.7. The molecule has 3 heterocycles. The standard InChI is InChI=1S/C19H28O7S2/c1-10-4-5-13-11(2)16(23-15(22)9-28-27-8-14(20)21)24-17-19(13)12(10)6-7-18(3,25-17)26-19/h10-13,16-17H,4-9H2,1-3H3,(H,20,21)/t10-,11-,12+,13?,16+,17-,18?,19-/m1/s1. The largest absolute Gasteiger partial charge is 0.481 e. The molecule has 0 aromatic heterocycles. The van der Waals surface area contributed by atoms with E-state index in [4.69, 9.17) is 24.1 Å². The van der Waals surface area contributed by atoms with Gasteiger partial charge in [-0.3, -0.25) is 9.59 Å². The summed E-state index contributed by atoms with van der Waals surface area (Å²) in [6.45, 7) is 6.35. The summed E-state index contributed by atoms with van der Waals surface area (Å²) in [7, 11) is 2.31. The summed E-state index contributed by atoms with van der Waals surface area (Å²) in [4.78, 5) is 22.8. The minimum atomic E-state index is -0.903. The fraction of sp³-hybridized carbons (Fsp3) is 0.895. The highest BCUT2D eigenvalue weighted by Crippen LogP contribution is 2.63. The maximum absolute atomic E-state index is 12.3. The van der Waals surface area contributed by atoms with Crippen LogP contribution in [0, 0.1) is 23.7 Å². The number of carbonyl (C=O) groups excluding carboxylic acids is 1. The van der Waals surface area contributed by atoms with Crippen molar-refractivity contribution in [2.75, 3.05) is 11.5 Å². The molecule has 9 heteroatoms. The van der Waals surface area contributed by atoms with Gasteiger partial charge in [-0.25, -0.2) is 0 Å². The lowest BCUT2D eigenvalue weighted by atomic mass is 9.57. The molecule has 4 aliphatic rings. The Hall–Kier alpha value is -0.480. The van der Waals surface area contributed by atoms with Gasteiger partial charge in [-0.2, -0.15) is 0 Å². The minimum absolute atomic E-state index is 0.0101. The number of carboxylic acids is 1. The van der Waals surface area contributed by atoms with Gasteiger partial charge in [-0.15, -0.1) is 0 Å². The third-order valence-corrected chi connectivity index (χ3v) is 8.91. The Balaban J connectivity index is 1.45. The van der Waals surface area contributed by atoms with E-state index < -0.39 is 35.9 Å². The molecule has 3 saturated heterocycles. The molecule has 3 aliphatic heterocycles. The van der Waals surface area contributed by atoms with E-state index >= 15 is 0 Å². The van der Waals surface area contributed by atoms with Gasteiger partial charge in [0.15, 0.2) is 12.1 Å². The van der Waals surface area contributed by atoms with Crippen molar-refractivity contribution in [3.8, 4) is 0 Å². The molecule has 2 unspecified atom stereocenters. The number of rotatable bonds is 6. The van der Waals surface area contributed by atoms with Crippen molar-refractivity contribution < 1.29 is 33.6 Å². The van der Waals surface area contributed by atoms with Crippen LogP contribution in [0.15, 0.2) is 0 Å². The van der Waals surface area contributed by atoms with Gasteiger partial charge in [-0.05, 0) is 38.0 Å². The second-order valence-corrected chi connectivity index (χ2v) is 11.1. The quantitative estimate of drug-likeness (QED) is 0.386. The van der Waals surface area contributed by atoms with E-state index in [0.29, 0.717) is 11.8 Å². The summed E-state index contributed by atoms with van der Waals surface area (Å²) < 4.78 is 24.6. The zero-order valence-corrected chi connectivity index (χ0v) is 18.1. The minimum Gasteiger partial charge on any atom is -0.481 e. The molecule has 2 bridgehead atoms. The van der Waals surface area contributed by atoms with Crippen LogP contribution in [-0.2, 0) is 28.5 Å². The van der Waals surface area contributed by atoms with Gasteiger partial charge in [0.25, 0.3) is 0 Å². The van der Waals surface area contributed by atoms with Crippen LogP contribution in [0.5, 0.6) is 0 Å². The van der Waals surface area contributed by atoms with Crippen molar-refractivity contribution in [2.45, 2.75) is 70.4 Å². The van der Waals surface area contributed by atoms with Gasteiger partial charge < -0.3 is 24.1 Å². The molecule has 1 saturated carbocycles. The van der Waals surface area contributed by atoms with Gasteiger partial charge in [-0.1, -0.05) is 35.4 Å². The summed E-state index contributed by atoms with van der Waals surface area (Å²) in [6.07, 6.45) is 2.89. The van der Waals surface area contributed by atoms with E-state index in [-0.39, 0.29) is 23.3 Å². The number of aliphatic carboxylic acids is 1. The van der Waals surface area contributed by atoms with E-state index in [2.05, 4.69) is 13.8 Å². The van der Waals surface area contributed by atoms with Gasteiger partial charge in [0.1, 0.15) is 17.1 Å². The Bertz CT molecular complexity index is 646. The second kappa shape index (κ2) is 7.65. The van der Waals surface area contributed by atoms with Crippen LogP contribution in [0.3, 0.4) is 0 Å². The Morgan fingerprint density at radius 3 is 2.64 bits per heavy atom. The molecule has 0 aromatic carbocycles. The Labute approximate surface area is 173 Å². The summed E-state index contributed by atoms with van der Waals surface area (Å²) in [5.41, 5.74) is -0.445. The number of carbonyl (C=O) groups is 2. The molecule has 1 aliphatic carbocycles. The number of hydrogen-bond acceptors (Lipinski definition) is 8. The number of hydrogen-bond donors (Lipinski definition) is 1. The average molecular weight is 433 g/mol. The van der Waals surface area contributed by atoms with Crippen LogP contribution < -0.4 is 0 Å². The molecule has 158 valence electrons. The van der Waals surface area contributed by atoms with Crippen molar-refractivity contribution >= 4 is 33.5 Å². The summed E-state index contributed by atoms with van der Waals surface area (Å²) in [5.74, 6) is -0.708. The Morgan fingerprint density at radius 1 is 1.14 bits per heavy atom. The Morgan fingerprint density at radius 2 is 1.89 bits per heavy atom. The predicted octanol–water partition coefficient (Wildman–Crippen LogP) is 3.27. The van der Waals surface area contributed by atoms with Gasteiger partial charge in [0.2, 0.25) is 6.29 Å². The third-order valence-electron chi connectivity index (χ3n) is 6.82. The number of fused-ring (bicyclic) bond motifs is 1. The summed E-state index contributed by atoms with van der Waals surface area (Å²) in [5, 5.41) is 8.66. The van der Waals surface area contributed by atoms with Gasteiger partial charge >= 0.3 is 11.9 Å². The molecule has 8 atom stereocenters. The molecule has 28 heavy (non-hydrogen) atoms. The number of ether oxygens (including phenoxy) is 4. The lowest BCUT2D eigenvalue weighted by molar-refractivity contribution is -0.328. The Kier molecular flexibility index (Phi) is 5.68. The van der Waals surface area contributed by atoms with Gasteiger partial charge in [0.05, 0.1) is 0 Å².